The van der Waals surface area contributed by atoms with E-state index in [1.54, 1.807) is 16.8 Å². The summed E-state index contributed by atoms with van der Waals surface area (Å²) in [5.41, 5.74) is 6.90. The molecule has 6 rings (SSSR count). The number of rotatable bonds is 5. The maximum absolute atomic E-state index is 14.2. The van der Waals surface area contributed by atoms with Crippen LogP contribution >= 0.6 is 0 Å². The molecule has 2 N–H and O–H groups in total. The Labute approximate surface area is 253 Å². The van der Waals surface area contributed by atoms with Crippen molar-refractivity contribution in [1.29, 1.82) is 0 Å². The molecule has 4 aromatic rings. The molecule has 0 aliphatic carbocycles. The Bertz CT molecular complexity index is 1740. The van der Waals surface area contributed by atoms with Crippen molar-refractivity contribution in [2.75, 3.05) is 51.2 Å². The van der Waals surface area contributed by atoms with Gasteiger partial charge in [-0.25, -0.2) is 9.50 Å². The molecule has 0 radical (unpaired) electrons. The quantitative estimate of drug-likeness (QED) is 0.345. The van der Waals surface area contributed by atoms with E-state index in [0.29, 0.717) is 30.0 Å². The van der Waals surface area contributed by atoms with Crippen LogP contribution in [0.15, 0.2) is 48.8 Å². The summed E-state index contributed by atoms with van der Waals surface area (Å²) in [5.74, 6) is 6.06. The number of halogens is 3. The van der Waals surface area contributed by atoms with Crippen LogP contribution in [0.25, 0.3) is 16.9 Å². The van der Waals surface area contributed by atoms with Gasteiger partial charge < -0.3 is 15.5 Å². The number of carbonyl (C=O) groups is 1. The molecule has 44 heavy (non-hydrogen) atoms. The van der Waals surface area contributed by atoms with Gasteiger partial charge in [-0.3, -0.25) is 14.7 Å². The van der Waals surface area contributed by atoms with Gasteiger partial charge in [-0.2, -0.15) is 13.2 Å². The molecule has 0 unspecified atom stereocenters. The number of nitrogens with two attached hydrogens (primary N) is 1. The fourth-order valence-corrected chi connectivity index (χ4v) is 5.70. The van der Waals surface area contributed by atoms with Crippen LogP contribution in [0.5, 0.6) is 0 Å². The molecule has 3 aromatic heterocycles. The first-order valence-corrected chi connectivity index (χ1v) is 14.7. The molecular formula is C32H33F3N8O. The summed E-state index contributed by atoms with van der Waals surface area (Å²) < 4.78 is 44.2. The van der Waals surface area contributed by atoms with Gasteiger partial charge >= 0.3 is 6.18 Å². The molecule has 2 aliphatic heterocycles. The van der Waals surface area contributed by atoms with Gasteiger partial charge in [0.25, 0.3) is 5.91 Å². The maximum Gasteiger partial charge on any atom is 0.416 e. The molecule has 0 spiro atoms. The summed E-state index contributed by atoms with van der Waals surface area (Å²) in [6, 6.07) is 9.39. The summed E-state index contributed by atoms with van der Waals surface area (Å²) in [7, 11) is 2.00. The molecule has 0 saturated carbocycles. The van der Waals surface area contributed by atoms with Crippen LogP contribution in [-0.4, -0.2) is 81.6 Å². The molecule has 0 atom stereocenters. The van der Waals surface area contributed by atoms with Gasteiger partial charge in [0.05, 0.1) is 23.0 Å². The lowest BCUT2D eigenvalue weighted by atomic mass is 9.97. The molecule has 5 heterocycles. The molecular weight excluding hydrogens is 569 g/mol. The molecule has 1 amide bonds. The second-order valence-corrected chi connectivity index (χ2v) is 11.3. The highest BCUT2D eigenvalue weighted by Gasteiger charge is 2.34. The molecule has 2 aliphatic rings. The minimum absolute atomic E-state index is 0.0135. The minimum Gasteiger partial charge on any atom is -0.366 e. The fraction of sp³-hybridized carbons (Fsp3) is 0.375. The second kappa shape index (κ2) is 12.3. The van der Waals surface area contributed by atoms with Gasteiger partial charge in [-0.05, 0) is 62.1 Å². The van der Waals surface area contributed by atoms with Crippen LogP contribution in [0.1, 0.15) is 52.0 Å². The first-order chi connectivity index (χ1) is 21.2. The lowest BCUT2D eigenvalue weighted by Gasteiger charge is -2.33. The third kappa shape index (κ3) is 6.39. The van der Waals surface area contributed by atoms with Gasteiger partial charge in [0, 0.05) is 63.1 Å². The summed E-state index contributed by atoms with van der Waals surface area (Å²) in [4.78, 5) is 27.6. The zero-order valence-electron chi connectivity index (χ0n) is 24.4. The number of pyridine rings is 1. The SMILES string of the molecule is CN1CCN(Cc2ccc(-c3ncc(C#Cc4cnc5ccc(N6CCCCC6)nn45)cc3C(N)=O)cc2C(F)(F)F)CC1. The van der Waals surface area contributed by atoms with E-state index < -0.39 is 17.6 Å². The van der Waals surface area contributed by atoms with E-state index in [0.717, 1.165) is 50.9 Å². The van der Waals surface area contributed by atoms with Gasteiger partial charge in [0.1, 0.15) is 11.5 Å². The monoisotopic (exact) mass is 602 g/mol. The lowest BCUT2D eigenvalue weighted by molar-refractivity contribution is -0.138. The minimum atomic E-state index is -4.58. The summed E-state index contributed by atoms with van der Waals surface area (Å²) in [6.45, 7) is 5.07. The van der Waals surface area contributed by atoms with Crippen molar-refractivity contribution in [3.63, 3.8) is 0 Å². The topological polar surface area (TPSA) is 95.9 Å². The average molecular weight is 603 g/mol. The number of carbonyl (C=O) groups excluding carboxylic acids is 1. The van der Waals surface area contributed by atoms with Gasteiger partial charge in [0.2, 0.25) is 0 Å². The van der Waals surface area contributed by atoms with E-state index in [9.17, 15) is 18.0 Å². The standard InChI is InChI=1S/C32H33F3N8O/c1-40-13-15-41(16-14-40)21-24-7-6-23(18-27(24)32(33,34)35)30-26(31(36)44)17-22(19-38-30)5-8-25-20-37-28-9-10-29(39-43(25)28)42-11-3-2-4-12-42/h6-7,9-10,17-20H,2-4,11-16,21H2,1H3,(H2,36,44). The number of amides is 1. The Balaban J connectivity index is 1.29. The van der Waals surface area contributed by atoms with E-state index in [-0.39, 0.29) is 28.9 Å². The molecule has 228 valence electrons. The van der Waals surface area contributed by atoms with Crippen LogP contribution < -0.4 is 10.6 Å². The van der Waals surface area contributed by atoms with Crippen molar-refractivity contribution in [1.82, 2.24) is 29.4 Å². The van der Waals surface area contributed by atoms with Crippen LogP contribution in [0.3, 0.4) is 0 Å². The van der Waals surface area contributed by atoms with Crippen molar-refractivity contribution in [3.8, 4) is 23.1 Å². The van der Waals surface area contributed by atoms with Crippen LogP contribution in [-0.2, 0) is 12.7 Å². The third-order valence-electron chi connectivity index (χ3n) is 8.19. The van der Waals surface area contributed by atoms with Crippen LogP contribution in [0.4, 0.5) is 19.0 Å². The smallest absolute Gasteiger partial charge is 0.366 e. The summed E-state index contributed by atoms with van der Waals surface area (Å²) in [6.07, 6.45) is 1.93. The number of hydrogen-bond acceptors (Lipinski definition) is 7. The number of benzene rings is 1. The predicted octanol–water partition coefficient (Wildman–Crippen LogP) is 4.05. The highest BCUT2D eigenvalue weighted by atomic mass is 19.4. The zero-order chi connectivity index (χ0) is 30.8. The molecule has 9 nitrogen and oxygen atoms in total. The largest absolute Gasteiger partial charge is 0.416 e. The van der Waals surface area contributed by atoms with E-state index >= 15 is 0 Å². The number of imidazole rings is 1. The first kappa shape index (κ1) is 29.6. The average Bonchev–Trinajstić information content (AvgIpc) is 3.43. The maximum atomic E-state index is 14.2. The number of nitrogens with zero attached hydrogens (tertiary/aromatic N) is 7. The number of aromatic nitrogens is 4. The van der Waals surface area contributed by atoms with Crippen molar-refractivity contribution in [2.24, 2.45) is 5.73 Å². The molecule has 0 bridgehead atoms. The number of primary amides is 1. The highest BCUT2D eigenvalue weighted by Crippen LogP contribution is 2.36. The van der Waals surface area contributed by atoms with E-state index in [4.69, 9.17) is 10.8 Å². The summed E-state index contributed by atoms with van der Waals surface area (Å²) >= 11 is 0. The lowest BCUT2D eigenvalue weighted by Crippen LogP contribution is -2.44. The number of piperidine rings is 1. The van der Waals surface area contributed by atoms with Gasteiger partial charge in [-0.1, -0.05) is 18.1 Å². The number of piperazine rings is 1. The Morgan fingerprint density at radius 2 is 1.70 bits per heavy atom. The zero-order valence-corrected chi connectivity index (χ0v) is 24.4. The van der Waals surface area contributed by atoms with Crippen LogP contribution in [0.2, 0.25) is 0 Å². The van der Waals surface area contributed by atoms with E-state index in [2.05, 4.69) is 31.6 Å². The van der Waals surface area contributed by atoms with E-state index in [1.165, 1.54) is 24.8 Å². The number of alkyl halides is 3. The number of fused-ring (bicyclic) bond motifs is 1. The van der Waals surface area contributed by atoms with Crippen molar-refractivity contribution in [2.45, 2.75) is 32.0 Å². The second-order valence-electron chi connectivity index (χ2n) is 11.3. The highest BCUT2D eigenvalue weighted by molar-refractivity contribution is 5.99. The van der Waals surface area contributed by atoms with Gasteiger partial charge in [0.15, 0.2) is 5.65 Å². The third-order valence-corrected chi connectivity index (χ3v) is 8.19. The predicted molar refractivity (Wildman–Crippen MR) is 161 cm³/mol. The van der Waals surface area contributed by atoms with Crippen molar-refractivity contribution >= 4 is 17.4 Å². The van der Waals surface area contributed by atoms with Gasteiger partial charge in [-0.15, -0.1) is 5.10 Å². The van der Waals surface area contributed by atoms with Crippen LogP contribution in [0, 0.1) is 11.8 Å². The van der Waals surface area contributed by atoms with Crippen molar-refractivity contribution < 1.29 is 18.0 Å². The normalized spacial score (nSPS) is 16.6. The Morgan fingerprint density at radius 3 is 2.43 bits per heavy atom. The Morgan fingerprint density at radius 1 is 0.932 bits per heavy atom. The Hall–Kier alpha value is -4.47. The summed E-state index contributed by atoms with van der Waals surface area (Å²) in [5, 5.41) is 4.74. The number of anilines is 1. The Kier molecular flexibility index (Phi) is 8.25. The van der Waals surface area contributed by atoms with E-state index in [1.807, 2.05) is 24.1 Å². The number of hydrogen-bond donors (Lipinski definition) is 1. The molecule has 2 fully saturated rings. The number of likely N-dealkylation sites (N-methyl/N-ethyl adjacent to an activating group) is 1. The molecule has 12 heteroatoms. The first-order valence-electron chi connectivity index (χ1n) is 14.7. The van der Waals surface area contributed by atoms with Crippen molar-refractivity contribution in [3.05, 3.63) is 76.7 Å². The fourth-order valence-electron chi connectivity index (χ4n) is 5.70. The molecule has 2 saturated heterocycles. The molecule has 1 aromatic carbocycles.